The molecule has 0 saturated heterocycles. The van der Waals surface area contributed by atoms with Crippen LogP contribution in [0.2, 0.25) is 0 Å². The molecule has 196 valence electrons. The van der Waals surface area contributed by atoms with Gasteiger partial charge in [0, 0.05) is 24.4 Å². The quantitative estimate of drug-likeness (QED) is 0.371. The van der Waals surface area contributed by atoms with Crippen molar-refractivity contribution in [1.82, 2.24) is 14.5 Å². The summed E-state index contributed by atoms with van der Waals surface area (Å²) in [5.74, 6) is -0.0569. The Hall–Kier alpha value is -4.86. The van der Waals surface area contributed by atoms with Crippen LogP contribution in [-0.2, 0) is 17.9 Å². The van der Waals surface area contributed by atoms with E-state index in [2.05, 4.69) is 10.6 Å². The summed E-state index contributed by atoms with van der Waals surface area (Å²) in [6.07, 6.45) is 0. The van der Waals surface area contributed by atoms with Crippen LogP contribution in [0.5, 0.6) is 11.5 Å². The topological polar surface area (TPSA) is 121 Å². The highest BCUT2D eigenvalue weighted by Crippen LogP contribution is 2.30. The van der Waals surface area contributed by atoms with Gasteiger partial charge in [0.05, 0.1) is 31.7 Å². The van der Waals surface area contributed by atoms with E-state index in [9.17, 15) is 19.2 Å². The normalized spacial score (nSPS) is 10.7. The third-order valence-corrected chi connectivity index (χ3v) is 6.12. The van der Waals surface area contributed by atoms with Gasteiger partial charge >= 0.3 is 5.69 Å². The Morgan fingerprint density at radius 1 is 0.895 bits per heavy atom. The maximum absolute atomic E-state index is 13.6. The van der Waals surface area contributed by atoms with Gasteiger partial charge in [-0.2, -0.15) is 0 Å². The predicted molar refractivity (Wildman–Crippen MR) is 144 cm³/mol. The Balaban J connectivity index is 1.82. The summed E-state index contributed by atoms with van der Waals surface area (Å²) in [4.78, 5) is 52.0. The van der Waals surface area contributed by atoms with E-state index < -0.39 is 17.2 Å². The average molecular weight is 517 g/mol. The molecule has 10 nitrogen and oxygen atoms in total. The van der Waals surface area contributed by atoms with Crippen LogP contribution in [0.1, 0.15) is 21.5 Å². The van der Waals surface area contributed by atoms with Crippen molar-refractivity contribution in [3.05, 3.63) is 98.2 Å². The van der Waals surface area contributed by atoms with Gasteiger partial charge in [-0.05, 0) is 48.4 Å². The molecule has 2 amide bonds. The van der Waals surface area contributed by atoms with Crippen LogP contribution in [0.25, 0.3) is 10.9 Å². The minimum Gasteiger partial charge on any atom is -0.493 e. The molecule has 0 aliphatic carbocycles. The van der Waals surface area contributed by atoms with Crippen LogP contribution in [0.3, 0.4) is 0 Å². The molecule has 4 aromatic rings. The van der Waals surface area contributed by atoms with Crippen molar-refractivity contribution in [3.63, 3.8) is 0 Å². The molecular formula is C28H28N4O6. The lowest BCUT2D eigenvalue weighted by Gasteiger charge is -2.16. The van der Waals surface area contributed by atoms with Gasteiger partial charge in [0.2, 0.25) is 5.91 Å². The Labute approximate surface area is 218 Å². The van der Waals surface area contributed by atoms with E-state index in [1.54, 1.807) is 30.3 Å². The summed E-state index contributed by atoms with van der Waals surface area (Å²) in [6.45, 7) is 1.51. The van der Waals surface area contributed by atoms with Crippen molar-refractivity contribution in [2.75, 3.05) is 26.6 Å². The second-order valence-electron chi connectivity index (χ2n) is 8.68. The van der Waals surface area contributed by atoms with Crippen molar-refractivity contribution in [2.24, 2.45) is 0 Å². The summed E-state index contributed by atoms with van der Waals surface area (Å²) in [5.41, 5.74) is 1.68. The highest BCUT2D eigenvalue weighted by molar-refractivity contribution is 5.94. The molecule has 0 aliphatic heterocycles. The Kier molecular flexibility index (Phi) is 7.61. The Bertz CT molecular complexity index is 1640. The number of rotatable bonds is 8. The molecule has 0 fully saturated rings. The standard InChI is InChI=1S/C28H28N4O6/c1-17-6-5-7-20(12-17)30-25(33)16-31-22-14-24(38-4)23(37-3)13-21(22)27(35)32(28(31)36)15-18-8-10-19(11-9-18)26(34)29-2/h5-14H,15-16H2,1-4H3,(H,29,34)(H,30,33). The zero-order valence-corrected chi connectivity index (χ0v) is 21.5. The molecule has 1 heterocycles. The molecule has 0 bridgehead atoms. The SMILES string of the molecule is CNC(=O)c1ccc(Cn2c(=O)c3cc(OC)c(OC)cc3n(CC(=O)Nc3cccc(C)c3)c2=O)cc1. The van der Waals surface area contributed by atoms with Crippen LogP contribution >= 0.6 is 0 Å². The maximum Gasteiger partial charge on any atom is 0.332 e. The third kappa shape index (κ3) is 5.29. The predicted octanol–water partition coefficient (Wildman–Crippen LogP) is 2.54. The number of nitrogens with zero attached hydrogens (tertiary/aromatic N) is 2. The number of anilines is 1. The molecule has 0 aliphatic rings. The van der Waals surface area contributed by atoms with E-state index in [0.717, 1.165) is 10.1 Å². The monoisotopic (exact) mass is 516 g/mol. The lowest BCUT2D eigenvalue weighted by molar-refractivity contribution is -0.116. The number of carbonyl (C=O) groups excluding carboxylic acids is 2. The summed E-state index contributed by atoms with van der Waals surface area (Å²) < 4.78 is 13.0. The first kappa shape index (κ1) is 26.2. The average Bonchev–Trinajstić information content (AvgIpc) is 2.92. The molecule has 1 aromatic heterocycles. The fraction of sp³-hybridized carbons (Fsp3) is 0.214. The first-order valence-electron chi connectivity index (χ1n) is 11.8. The lowest BCUT2D eigenvalue weighted by Crippen LogP contribution is -2.42. The molecule has 3 aromatic carbocycles. The number of hydrogen-bond acceptors (Lipinski definition) is 6. The molecule has 4 rings (SSSR count). The number of benzene rings is 3. The minimum absolute atomic E-state index is 0.0600. The van der Waals surface area contributed by atoms with Gasteiger partial charge in [-0.3, -0.25) is 23.5 Å². The second kappa shape index (κ2) is 11.0. The van der Waals surface area contributed by atoms with Crippen LogP contribution in [-0.4, -0.2) is 42.2 Å². The fourth-order valence-electron chi connectivity index (χ4n) is 4.19. The molecule has 2 N–H and O–H groups in total. The van der Waals surface area contributed by atoms with E-state index in [0.29, 0.717) is 28.3 Å². The molecular weight excluding hydrogens is 488 g/mol. The molecule has 38 heavy (non-hydrogen) atoms. The van der Waals surface area contributed by atoms with Crippen LogP contribution < -0.4 is 31.4 Å². The summed E-state index contributed by atoms with van der Waals surface area (Å²) in [5, 5.41) is 5.54. The van der Waals surface area contributed by atoms with E-state index >= 15 is 0 Å². The fourth-order valence-corrected chi connectivity index (χ4v) is 4.19. The van der Waals surface area contributed by atoms with Gasteiger partial charge < -0.3 is 20.1 Å². The molecule has 0 saturated carbocycles. The van der Waals surface area contributed by atoms with Crippen molar-refractivity contribution in [3.8, 4) is 11.5 Å². The molecule has 0 spiro atoms. The van der Waals surface area contributed by atoms with Crippen LogP contribution in [0.4, 0.5) is 5.69 Å². The third-order valence-electron chi connectivity index (χ3n) is 6.12. The summed E-state index contributed by atoms with van der Waals surface area (Å²) >= 11 is 0. The zero-order valence-electron chi connectivity index (χ0n) is 21.5. The van der Waals surface area contributed by atoms with Gasteiger partial charge in [0.1, 0.15) is 6.54 Å². The van der Waals surface area contributed by atoms with Crippen LogP contribution in [0.15, 0.2) is 70.3 Å². The highest BCUT2D eigenvalue weighted by atomic mass is 16.5. The number of aromatic nitrogens is 2. The van der Waals surface area contributed by atoms with Gasteiger partial charge in [-0.15, -0.1) is 0 Å². The number of nitrogens with one attached hydrogen (secondary N) is 2. The van der Waals surface area contributed by atoms with E-state index in [4.69, 9.17) is 9.47 Å². The summed E-state index contributed by atoms with van der Waals surface area (Å²) in [7, 11) is 4.42. The molecule has 0 radical (unpaired) electrons. The zero-order chi connectivity index (χ0) is 27.4. The molecule has 0 atom stereocenters. The number of ether oxygens (including phenoxy) is 2. The van der Waals surface area contributed by atoms with Gasteiger partial charge in [-0.1, -0.05) is 24.3 Å². The minimum atomic E-state index is -0.663. The highest BCUT2D eigenvalue weighted by Gasteiger charge is 2.19. The molecule has 0 unspecified atom stereocenters. The van der Waals surface area contributed by atoms with Crippen molar-refractivity contribution in [2.45, 2.75) is 20.0 Å². The Morgan fingerprint density at radius 3 is 2.21 bits per heavy atom. The van der Waals surface area contributed by atoms with E-state index in [-0.39, 0.29) is 29.9 Å². The first-order chi connectivity index (χ1) is 18.2. The van der Waals surface area contributed by atoms with Gasteiger partial charge in [0.15, 0.2) is 11.5 Å². The van der Waals surface area contributed by atoms with Crippen molar-refractivity contribution in [1.29, 1.82) is 0 Å². The number of fused-ring (bicyclic) bond motifs is 1. The number of hydrogen-bond donors (Lipinski definition) is 2. The van der Waals surface area contributed by atoms with E-state index in [1.165, 1.54) is 38.0 Å². The number of amides is 2. The van der Waals surface area contributed by atoms with Crippen molar-refractivity contribution < 1.29 is 19.1 Å². The number of carbonyl (C=O) groups is 2. The number of aryl methyl sites for hydroxylation is 1. The first-order valence-corrected chi connectivity index (χ1v) is 11.8. The lowest BCUT2D eigenvalue weighted by atomic mass is 10.1. The van der Waals surface area contributed by atoms with E-state index in [1.807, 2.05) is 25.1 Å². The molecule has 10 heteroatoms. The summed E-state index contributed by atoms with van der Waals surface area (Å²) in [6, 6.07) is 16.9. The second-order valence-corrected chi connectivity index (χ2v) is 8.68. The smallest absolute Gasteiger partial charge is 0.332 e. The van der Waals surface area contributed by atoms with Crippen molar-refractivity contribution >= 4 is 28.4 Å². The number of methoxy groups -OCH3 is 2. The maximum atomic E-state index is 13.6. The van der Waals surface area contributed by atoms with Gasteiger partial charge in [0.25, 0.3) is 11.5 Å². The Morgan fingerprint density at radius 2 is 1.58 bits per heavy atom. The van der Waals surface area contributed by atoms with Gasteiger partial charge in [-0.25, -0.2) is 4.79 Å². The van der Waals surface area contributed by atoms with Crippen LogP contribution in [0, 0.1) is 6.92 Å². The largest absolute Gasteiger partial charge is 0.493 e.